The topological polar surface area (TPSA) is 58.2 Å². The van der Waals surface area contributed by atoms with E-state index >= 15 is 0 Å². The lowest BCUT2D eigenvalue weighted by Crippen LogP contribution is -2.32. The minimum atomic E-state index is -0.0504. The van der Waals surface area contributed by atoms with Crippen LogP contribution in [0.3, 0.4) is 0 Å². The Kier molecular flexibility index (Phi) is 8.41. The molecule has 0 rings (SSSR count). The van der Waals surface area contributed by atoms with Gasteiger partial charge in [-0.3, -0.25) is 9.59 Å². The monoisotopic (exact) mass is 232 g/mol. The first-order valence-electron chi connectivity index (χ1n) is 5.17. The molecule has 15 heavy (non-hydrogen) atoms. The van der Waals surface area contributed by atoms with Crippen LogP contribution in [0.4, 0.5) is 0 Å². The molecule has 0 spiro atoms. The van der Waals surface area contributed by atoms with Crippen LogP contribution in [0.2, 0.25) is 0 Å². The fraction of sp³-hybridized carbons (Fsp3) is 0.800. The number of hydrogen-bond donors (Lipinski definition) is 3. The Bertz CT molecular complexity index is 210. The zero-order valence-electron chi connectivity index (χ0n) is 9.38. The lowest BCUT2D eigenvalue weighted by molar-refractivity contribution is -0.119. The predicted molar refractivity (Wildman–Crippen MR) is 64.2 cm³/mol. The summed E-state index contributed by atoms with van der Waals surface area (Å²) in [6.45, 7) is 2.25. The number of likely N-dealkylation sites (N-methyl/N-ethyl adjacent to an activating group) is 1. The third-order valence-electron chi connectivity index (χ3n) is 2.22. The van der Waals surface area contributed by atoms with Gasteiger partial charge in [-0.15, -0.1) is 0 Å². The van der Waals surface area contributed by atoms with Crippen LogP contribution in [0.25, 0.3) is 0 Å². The summed E-state index contributed by atoms with van der Waals surface area (Å²) in [7, 11) is 1.79. The van der Waals surface area contributed by atoms with Gasteiger partial charge >= 0.3 is 0 Å². The van der Waals surface area contributed by atoms with Crippen molar-refractivity contribution in [1.29, 1.82) is 0 Å². The summed E-state index contributed by atoms with van der Waals surface area (Å²) < 4.78 is 0. The molecule has 5 heteroatoms. The summed E-state index contributed by atoms with van der Waals surface area (Å²) in [6.07, 6.45) is 2.64. The van der Waals surface area contributed by atoms with Crippen molar-refractivity contribution in [3.63, 3.8) is 0 Å². The van der Waals surface area contributed by atoms with Crippen molar-refractivity contribution in [2.45, 2.75) is 32.2 Å². The molecule has 0 fully saturated rings. The molecule has 0 aromatic carbocycles. The maximum atomic E-state index is 11.1. The summed E-state index contributed by atoms with van der Waals surface area (Å²) in [6, 6.07) is -0.0504. The van der Waals surface area contributed by atoms with Gasteiger partial charge in [0.25, 0.3) is 0 Å². The third kappa shape index (κ3) is 7.39. The molecule has 0 aromatic heterocycles. The van der Waals surface area contributed by atoms with Crippen LogP contribution in [-0.4, -0.2) is 37.1 Å². The number of thiol groups is 1. The first-order chi connectivity index (χ1) is 7.11. The second-order valence-electron chi connectivity index (χ2n) is 3.46. The van der Waals surface area contributed by atoms with Crippen molar-refractivity contribution in [3.8, 4) is 0 Å². The molecule has 88 valence electrons. The molecule has 0 bridgehead atoms. The van der Waals surface area contributed by atoms with E-state index in [4.69, 9.17) is 0 Å². The van der Waals surface area contributed by atoms with Gasteiger partial charge in [0.1, 0.15) is 5.78 Å². The van der Waals surface area contributed by atoms with Crippen molar-refractivity contribution in [3.05, 3.63) is 0 Å². The highest BCUT2D eigenvalue weighted by atomic mass is 32.1. The Hall–Kier alpha value is -0.550. The SMILES string of the molecule is CNC(CCCCNC(=O)CS)C(C)=O. The molecular formula is C10H20N2O2S. The fourth-order valence-corrected chi connectivity index (χ4v) is 1.42. The summed E-state index contributed by atoms with van der Waals surface area (Å²) in [4.78, 5) is 21.9. The number of nitrogens with one attached hydrogen (secondary N) is 2. The first-order valence-corrected chi connectivity index (χ1v) is 5.80. The van der Waals surface area contributed by atoms with Crippen molar-refractivity contribution in [2.75, 3.05) is 19.3 Å². The summed E-state index contributed by atoms with van der Waals surface area (Å²) >= 11 is 3.85. The molecule has 0 aromatic rings. The van der Waals surface area contributed by atoms with Crippen LogP contribution in [0, 0.1) is 0 Å². The Labute approximate surface area is 96.6 Å². The van der Waals surface area contributed by atoms with Crippen LogP contribution in [0.5, 0.6) is 0 Å². The van der Waals surface area contributed by atoms with Crippen molar-refractivity contribution in [2.24, 2.45) is 0 Å². The Morgan fingerprint density at radius 3 is 2.47 bits per heavy atom. The van der Waals surface area contributed by atoms with E-state index in [1.807, 2.05) is 0 Å². The molecule has 0 aliphatic heterocycles. The van der Waals surface area contributed by atoms with Crippen LogP contribution >= 0.6 is 12.6 Å². The van der Waals surface area contributed by atoms with E-state index in [1.165, 1.54) is 0 Å². The van der Waals surface area contributed by atoms with E-state index in [9.17, 15) is 9.59 Å². The highest BCUT2D eigenvalue weighted by Gasteiger charge is 2.09. The standard InChI is InChI=1S/C10H20N2O2S/c1-8(13)9(11-2)5-3-4-6-12-10(14)7-15/h9,11,15H,3-7H2,1-2H3,(H,12,14). The summed E-state index contributed by atoms with van der Waals surface area (Å²) in [5.41, 5.74) is 0. The van der Waals surface area contributed by atoms with Gasteiger partial charge in [-0.25, -0.2) is 0 Å². The number of rotatable bonds is 8. The molecule has 1 atom stereocenters. The lowest BCUT2D eigenvalue weighted by Gasteiger charge is -2.12. The van der Waals surface area contributed by atoms with Gasteiger partial charge in [0.15, 0.2) is 0 Å². The van der Waals surface area contributed by atoms with E-state index < -0.39 is 0 Å². The molecule has 0 radical (unpaired) electrons. The van der Waals surface area contributed by atoms with E-state index in [0.29, 0.717) is 6.54 Å². The minimum Gasteiger partial charge on any atom is -0.355 e. The quantitative estimate of drug-likeness (QED) is 0.419. The highest BCUT2D eigenvalue weighted by Crippen LogP contribution is 2.00. The number of Topliss-reactive ketones (excluding diaryl/α,β-unsaturated/α-hetero) is 1. The van der Waals surface area contributed by atoms with Crippen LogP contribution in [-0.2, 0) is 9.59 Å². The lowest BCUT2D eigenvalue weighted by atomic mass is 10.1. The van der Waals surface area contributed by atoms with Gasteiger partial charge in [0.2, 0.25) is 5.91 Å². The number of amides is 1. The molecule has 0 aliphatic carbocycles. The molecule has 0 saturated heterocycles. The van der Waals surface area contributed by atoms with Crippen molar-refractivity contribution >= 4 is 24.3 Å². The van der Waals surface area contributed by atoms with Gasteiger partial charge < -0.3 is 10.6 Å². The van der Waals surface area contributed by atoms with Crippen molar-refractivity contribution < 1.29 is 9.59 Å². The van der Waals surface area contributed by atoms with E-state index in [-0.39, 0.29) is 23.5 Å². The minimum absolute atomic E-state index is 0.0462. The zero-order chi connectivity index (χ0) is 11.7. The average Bonchev–Trinajstić information content (AvgIpc) is 2.22. The van der Waals surface area contributed by atoms with Crippen LogP contribution in [0.1, 0.15) is 26.2 Å². The van der Waals surface area contributed by atoms with Crippen molar-refractivity contribution in [1.82, 2.24) is 10.6 Å². The highest BCUT2D eigenvalue weighted by molar-refractivity contribution is 7.81. The molecule has 1 amide bonds. The largest absolute Gasteiger partial charge is 0.355 e. The van der Waals surface area contributed by atoms with Gasteiger partial charge in [0.05, 0.1) is 11.8 Å². The van der Waals surface area contributed by atoms with E-state index in [0.717, 1.165) is 19.3 Å². The molecule has 0 saturated carbocycles. The summed E-state index contributed by atoms with van der Waals surface area (Å²) in [5.74, 6) is 0.346. The van der Waals surface area contributed by atoms with E-state index in [2.05, 4.69) is 23.3 Å². The number of ketones is 1. The molecule has 1 unspecified atom stereocenters. The average molecular weight is 232 g/mol. The Balaban J connectivity index is 3.45. The third-order valence-corrected chi connectivity index (χ3v) is 2.51. The van der Waals surface area contributed by atoms with E-state index in [1.54, 1.807) is 14.0 Å². The Morgan fingerprint density at radius 2 is 2.00 bits per heavy atom. The fourth-order valence-electron chi connectivity index (χ4n) is 1.31. The van der Waals surface area contributed by atoms with Crippen LogP contribution in [0.15, 0.2) is 0 Å². The molecule has 0 aliphatic rings. The van der Waals surface area contributed by atoms with Gasteiger partial charge in [0, 0.05) is 6.54 Å². The molecular weight excluding hydrogens is 212 g/mol. The maximum Gasteiger partial charge on any atom is 0.229 e. The number of hydrogen-bond acceptors (Lipinski definition) is 4. The second-order valence-corrected chi connectivity index (χ2v) is 3.77. The maximum absolute atomic E-state index is 11.1. The second kappa shape index (κ2) is 8.73. The normalized spacial score (nSPS) is 12.2. The smallest absolute Gasteiger partial charge is 0.229 e. The molecule has 0 heterocycles. The number of carbonyl (C=O) groups is 2. The summed E-state index contributed by atoms with van der Waals surface area (Å²) in [5, 5.41) is 5.70. The van der Waals surface area contributed by atoms with Crippen LogP contribution < -0.4 is 10.6 Å². The van der Waals surface area contributed by atoms with Gasteiger partial charge in [-0.2, -0.15) is 12.6 Å². The Morgan fingerprint density at radius 1 is 1.33 bits per heavy atom. The van der Waals surface area contributed by atoms with Gasteiger partial charge in [-0.1, -0.05) is 0 Å². The van der Waals surface area contributed by atoms with Gasteiger partial charge in [-0.05, 0) is 33.2 Å². The number of carbonyl (C=O) groups excluding carboxylic acids is 2. The number of unbranched alkanes of at least 4 members (excludes halogenated alkanes) is 1. The molecule has 2 N–H and O–H groups in total. The zero-order valence-corrected chi connectivity index (χ0v) is 10.3. The molecule has 4 nitrogen and oxygen atoms in total. The predicted octanol–water partition coefficient (Wildman–Crippen LogP) is 0.380. The first kappa shape index (κ1) is 14.5.